The van der Waals surface area contributed by atoms with Crippen LogP contribution >= 0.6 is 15.9 Å². The molecule has 1 atom stereocenters. The number of nitrogen functional groups attached to an aromatic ring is 1. The molecule has 0 spiro atoms. The van der Waals surface area contributed by atoms with Crippen LogP contribution in [0.2, 0.25) is 0 Å². The van der Waals surface area contributed by atoms with E-state index >= 15 is 0 Å². The Balaban J connectivity index is 2.04. The molecule has 0 aliphatic carbocycles. The van der Waals surface area contributed by atoms with Gasteiger partial charge in [-0.15, -0.1) is 0 Å². The van der Waals surface area contributed by atoms with E-state index in [-0.39, 0.29) is 17.7 Å². The summed E-state index contributed by atoms with van der Waals surface area (Å²) in [5.41, 5.74) is 8.98. The standard InChI is InChI=1S/C13H17BrN4O2/c14-11-5-8(13(20)17-16)1-2-9(11)6-18-4-3-10(7-18)12(15)19/h1-2,5,10H,3-4,6-7,16H2,(H2,15,19)(H,17,20). The third-order valence-corrected chi connectivity index (χ3v) is 4.25. The number of benzene rings is 1. The molecule has 7 heteroatoms. The van der Waals surface area contributed by atoms with Crippen LogP contribution in [0.3, 0.4) is 0 Å². The Hall–Kier alpha value is -1.44. The lowest BCUT2D eigenvalue weighted by Gasteiger charge is -2.16. The van der Waals surface area contributed by atoms with Gasteiger partial charge in [0, 0.05) is 23.1 Å². The first-order valence-corrected chi connectivity index (χ1v) is 7.11. The first-order valence-electron chi connectivity index (χ1n) is 6.32. The zero-order valence-electron chi connectivity index (χ0n) is 10.9. The highest BCUT2D eigenvalue weighted by Crippen LogP contribution is 2.24. The van der Waals surface area contributed by atoms with Gasteiger partial charge < -0.3 is 5.73 Å². The van der Waals surface area contributed by atoms with Crippen molar-refractivity contribution in [3.8, 4) is 0 Å². The molecule has 108 valence electrons. The molecule has 1 fully saturated rings. The van der Waals surface area contributed by atoms with Crippen LogP contribution in [0.5, 0.6) is 0 Å². The maximum Gasteiger partial charge on any atom is 0.265 e. The summed E-state index contributed by atoms with van der Waals surface area (Å²) in [6.45, 7) is 2.26. The third-order valence-electron chi connectivity index (χ3n) is 3.52. The molecule has 0 bridgehead atoms. The van der Waals surface area contributed by atoms with Crippen molar-refractivity contribution in [2.24, 2.45) is 17.5 Å². The smallest absolute Gasteiger partial charge is 0.265 e. The number of amides is 2. The van der Waals surface area contributed by atoms with E-state index in [0.717, 1.165) is 29.5 Å². The van der Waals surface area contributed by atoms with Gasteiger partial charge in [-0.05, 0) is 30.7 Å². The van der Waals surface area contributed by atoms with Gasteiger partial charge in [0.15, 0.2) is 0 Å². The van der Waals surface area contributed by atoms with Gasteiger partial charge in [-0.2, -0.15) is 0 Å². The number of carbonyl (C=O) groups is 2. The first-order chi connectivity index (χ1) is 9.51. The Bertz CT molecular complexity index is 535. The lowest BCUT2D eigenvalue weighted by atomic mass is 10.1. The number of halogens is 1. The number of carbonyl (C=O) groups excluding carboxylic acids is 2. The van der Waals surface area contributed by atoms with E-state index in [1.165, 1.54) is 0 Å². The van der Waals surface area contributed by atoms with Crippen molar-refractivity contribution in [1.29, 1.82) is 0 Å². The molecule has 1 aromatic carbocycles. The summed E-state index contributed by atoms with van der Waals surface area (Å²) in [5, 5.41) is 0. The minimum Gasteiger partial charge on any atom is -0.369 e. The molecule has 1 saturated heterocycles. The summed E-state index contributed by atoms with van der Waals surface area (Å²) in [6, 6.07) is 5.34. The minimum absolute atomic E-state index is 0.0592. The van der Waals surface area contributed by atoms with Gasteiger partial charge in [0.05, 0.1) is 5.92 Å². The van der Waals surface area contributed by atoms with Crippen LogP contribution in [0.4, 0.5) is 0 Å². The molecule has 20 heavy (non-hydrogen) atoms. The van der Waals surface area contributed by atoms with Crippen LogP contribution in [0.1, 0.15) is 22.3 Å². The summed E-state index contributed by atoms with van der Waals surface area (Å²) >= 11 is 3.46. The number of nitrogens with zero attached hydrogens (tertiary/aromatic N) is 1. The molecule has 2 rings (SSSR count). The lowest BCUT2D eigenvalue weighted by Crippen LogP contribution is -2.30. The topological polar surface area (TPSA) is 101 Å². The fraction of sp³-hybridized carbons (Fsp3) is 0.385. The second-order valence-corrected chi connectivity index (χ2v) is 5.76. The number of hydrogen-bond donors (Lipinski definition) is 3. The second-order valence-electron chi connectivity index (χ2n) is 4.90. The molecule has 2 amide bonds. The summed E-state index contributed by atoms with van der Waals surface area (Å²) in [4.78, 5) is 24.7. The molecular formula is C13H17BrN4O2. The van der Waals surface area contributed by atoms with Crippen molar-refractivity contribution in [3.63, 3.8) is 0 Å². The van der Waals surface area contributed by atoms with E-state index in [2.05, 4.69) is 26.3 Å². The molecule has 1 aliphatic heterocycles. The largest absolute Gasteiger partial charge is 0.369 e. The second kappa shape index (κ2) is 6.34. The third kappa shape index (κ3) is 3.36. The quantitative estimate of drug-likeness (QED) is 0.418. The van der Waals surface area contributed by atoms with E-state index in [0.29, 0.717) is 12.1 Å². The van der Waals surface area contributed by atoms with Crippen LogP contribution in [0.15, 0.2) is 22.7 Å². The summed E-state index contributed by atoms with van der Waals surface area (Å²) in [5.74, 6) is 4.48. The Morgan fingerprint density at radius 2 is 2.20 bits per heavy atom. The summed E-state index contributed by atoms with van der Waals surface area (Å²) in [6.07, 6.45) is 0.806. The Morgan fingerprint density at radius 1 is 1.45 bits per heavy atom. The minimum atomic E-state index is -0.327. The Labute approximate surface area is 125 Å². The Morgan fingerprint density at radius 3 is 2.75 bits per heavy atom. The number of nitrogens with two attached hydrogens (primary N) is 2. The van der Waals surface area contributed by atoms with Gasteiger partial charge in [-0.3, -0.25) is 19.9 Å². The lowest BCUT2D eigenvalue weighted by molar-refractivity contribution is -0.121. The Kier molecular flexibility index (Phi) is 4.74. The molecule has 0 radical (unpaired) electrons. The van der Waals surface area contributed by atoms with Crippen molar-refractivity contribution in [2.45, 2.75) is 13.0 Å². The predicted octanol–water partition coefficient (Wildman–Crippen LogP) is 0.360. The van der Waals surface area contributed by atoms with Crippen LogP contribution in [-0.2, 0) is 11.3 Å². The van der Waals surface area contributed by atoms with E-state index in [1.54, 1.807) is 12.1 Å². The number of primary amides is 1. The SMILES string of the molecule is NNC(=O)c1ccc(CN2CCC(C(N)=O)C2)c(Br)c1. The van der Waals surface area contributed by atoms with E-state index < -0.39 is 0 Å². The number of nitrogens with one attached hydrogen (secondary N) is 1. The first kappa shape index (κ1) is 15.0. The average Bonchev–Trinajstić information content (AvgIpc) is 2.89. The molecular weight excluding hydrogens is 324 g/mol. The number of likely N-dealkylation sites (tertiary alicyclic amines) is 1. The fourth-order valence-electron chi connectivity index (χ4n) is 2.35. The van der Waals surface area contributed by atoms with E-state index in [9.17, 15) is 9.59 Å². The average molecular weight is 341 g/mol. The van der Waals surface area contributed by atoms with Crippen LogP contribution in [0, 0.1) is 5.92 Å². The zero-order valence-corrected chi connectivity index (χ0v) is 12.5. The monoisotopic (exact) mass is 340 g/mol. The number of rotatable bonds is 4. The van der Waals surface area contributed by atoms with Crippen molar-refractivity contribution in [3.05, 3.63) is 33.8 Å². The van der Waals surface area contributed by atoms with Crippen molar-refractivity contribution >= 4 is 27.7 Å². The summed E-state index contributed by atoms with van der Waals surface area (Å²) < 4.78 is 0.848. The molecule has 1 aromatic rings. The highest BCUT2D eigenvalue weighted by atomic mass is 79.9. The van der Waals surface area contributed by atoms with Crippen molar-refractivity contribution in [2.75, 3.05) is 13.1 Å². The molecule has 5 N–H and O–H groups in total. The maximum atomic E-state index is 11.4. The molecule has 0 aromatic heterocycles. The molecule has 0 saturated carbocycles. The predicted molar refractivity (Wildman–Crippen MR) is 78.4 cm³/mol. The van der Waals surface area contributed by atoms with Crippen molar-refractivity contribution in [1.82, 2.24) is 10.3 Å². The number of hydrogen-bond acceptors (Lipinski definition) is 4. The van der Waals surface area contributed by atoms with Gasteiger partial charge in [0.25, 0.3) is 5.91 Å². The van der Waals surface area contributed by atoms with Crippen LogP contribution in [-0.4, -0.2) is 29.8 Å². The number of hydrazine groups is 1. The van der Waals surface area contributed by atoms with Gasteiger partial charge in [-0.25, -0.2) is 5.84 Å². The van der Waals surface area contributed by atoms with E-state index in [4.69, 9.17) is 11.6 Å². The highest BCUT2D eigenvalue weighted by Gasteiger charge is 2.26. The highest BCUT2D eigenvalue weighted by molar-refractivity contribution is 9.10. The van der Waals surface area contributed by atoms with Gasteiger partial charge in [0.1, 0.15) is 0 Å². The van der Waals surface area contributed by atoms with E-state index in [1.807, 2.05) is 6.07 Å². The van der Waals surface area contributed by atoms with Crippen LogP contribution in [0.25, 0.3) is 0 Å². The maximum absolute atomic E-state index is 11.4. The molecule has 1 unspecified atom stereocenters. The van der Waals surface area contributed by atoms with Gasteiger partial charge >= 0.3 is 0 Å². The summed E-state index contributed by atoms with van der Waals surface area (Å²) in [7, 11) is 0. The molecule has 6 nitrogen and oxygen atoms in total. The zero-order chi connectivity index (χ0) is 14.7. The van der Waals surface area contributed by atoms with Gasteiger partial charge in [0.2, 0.25) is 5.91 Å². The molecule has 1 heterocycles. The van der Waals surface area contributed by atoms with Crippen molar-refractivity contribution < 1.29 is 9.59 Å². The van der Waals surface area contributed by atoms with Gasteiger partial charge in [-0.1, -0.05) is 22.0 Å². The normalized spacial score (nSPS) is 19.0. The fourth-order valence-corrected chi connectivity index (χ4v) is 2.85. The van der Waals surface area contributed by atoms with Crippen LogP contribution < -0.4 is 17.0 Å². The molecule has 1 aliphatic rings.